The molecular formula is C23H37N3O5. The lowest BCUT2D eigenvalue weighted by atomic mass is 10.0. The first-order valence-electron chi connectivity index (χ1n) is 10.8. The Morgan fingerprint density at radius 2 is 1.87 bits per heavy atom. The van der Waals surface area contributed by atoms with Crippen LogP contribution in [0.1, 0.15) is 64.6 Å². The van der Waals surface area contributed by atoms with Gasteiger partial charge in [-0.15, -0.1) is 0 Å². The number of hydrogen-bond donors (Lipinski definition) is 3. The Hall–Kier alpha value is -2.61. The summed E-state index contributed by atoms with van der Waals surface area (Å²) in [5.74, 6) is -0.865. The van der Waals surface area contributed by atoms with Crippen molar-refractivity contribution < 1.29 is 24.2 Å². The van der Waals surface area contributed by atoms with Crippen molar-refractivity contribution in [3.63, 3.8) is 0 Å². The highest BCUT2D eigenvalue weighted by Crippen LogP contribution is 2.23. The number of aryl methyl sites for hydroxylation is 1. The second-order valence-corrected chi connectivity index (χ2v) is 8.47. The van der Waals surface area contributed by atoms with Gasteiger partial charge in [-0.3, -0.25) is 9.59 Å². The Bertz CT molecular complexity index is 745. The monoisotopic (exact) mass is 435 g/mol. The van der Waals surface area contributed by atoms with Gasteiger partial charge in [-0.05, 0) is 46.6 Å². The first kappa shape index (κ1) is 26.4. The molecule has 0 spiro atoms. The number of rotatable bonds is 10. The number of benzene rings is 1. The zero-order valence-electron chi connectivity index (χ0n) is 19.5. The van der Waals surface area contributed by atoms with Crippen molar-refractivity contribution >= 4 is 17.9 Å². The molecule has 1 rings (SSSR count). The van der Waals surface area contributed by atoms with Gasteiger partial charge in [0, 0.05) is 13.1 Å². The number of nitrogens with one attached hydrogen (secondary N) is 2. The molecule has 0 aliphatic carbocycles. The second-order valence-electron chi connectivity index (χ2n) is 8.47. The lowest BCUT2D eigenvalue weighted by Gasteiger charge is -2.33. The van der Waals surface area contributed by atoms with E-state index in [0.29, 0.717) is 12.1 Å². The predicted octanol–water partition coefficient (Wildman–Crippen LogP) is 2.69. The van der Waals surface area contributed by atoms with Gasteiger partial charge in [-0.25, -0.2) is 4.79 Å². The van der Waals surface area contributed by atoms with Gasteiger partial charge in [0.25, 0.3) is 0 Å². The van der Waals surface area contributed by atoms with Crippen LogP contribution in [0.2, 0.25) is 0 Å². The molecule has 3 amide bonds. The molecule has 1 aromatic carbocycles. The van der Waals surface area contributed by atoms with Crippen LogP contribution in [0.3, 0.4) is 0 Å². The van der Waals surface area contributed by atoms with Crippen molar-refractivity contribution in [1.82, 2.24) is 15.5 Å². The summed E-state index contributed by atoms with van der Waals surface area (Å²) in [7, 11) is 0. The molecule has 31 heavy (non-hydrogen) atoms. The summed E-state index contributed by atoms with van der Waals surface area (Å²) in [4.78, 5) is 39.8. The number of likely N-dealkylation sites (N-methyl/N-ethyl adjacent to an activating group) is 1. The Balaban J connectivity index is 3.18. The highest BCUT2D eigenvalue weighted by atomic mass is 16.6. The lowest BCUT2D eigenvalue weighted by molar-refractivity contribution is -0.143. The van der Waals surface area contributed by atoms with Crippen LogP contribution in [0.5, 0.6) is 0 Å². The van der Waals surface area contributed by atoms with Gasteiger partial charge in [0.15, 0.2) is 0 Å². The molecule has 0 saturated heterocycles. The fraction of sp³-hybridized carbons (Fsp3) is 0.609. The molecular weight excluding hydrogens is 398 g/mol. The molecule has 0 radical (unpaired) electrons. The molecule has 0 saturated carbocycles. The number of nitrogens with zero attached hydrogens (tertiary/aromatic N) is 1. The van der Waals surface area contributed by atoms with Crippen LogP contribution in [0, 0.1) is 6.92 Å². The van der Waals surface area contributed by atoms with E-state index in [1.807, 2.05) is 32.0 Å². The summed E-state index contributed by atoms with van der Waals surface area (Å²) in [6.07, 6.45) is 0.944. The number of carbonyl (C=O) groups excluding carboxylic acids is 3. The van der Waals surface area contributed by atoms with Gasteiger partial charge in [0.2, 0.25) is 11.8 Å². The van der Waals surface area contributed by atoms with E-state index < -0.39 is 36.3 Å². The van der Waals surface area contributed by atoms with Gasteiger partial charge in [-0.1, -0.05) is 43.2 Å². The van der Waals surface area contributed by atoms with Crippen molar-refractivity contribution in [3.05, 3.63) is 35.4 Å². The topological polar surface area (TPSA) is 108 Å². The summed E-state index contributed by atoms with van der Waals surface area (Å²) in [5, 5.41) is 15.1. The quantitative estimate of drug-likeness (QED) is 0.490. The highest BCUT2D eigenvalue weighted by molar-refractivity contribution is 5.92. The highest BCUT2D eigenvalue weighted by Gasteiger charge is 2.35. The van der Waals surface area contributed by atoms with E-state index >= 15 is 0 Å². The molecule has 3 N–H and O–H groups in total. The van der Waals surface area contributed by atoms with Gasteiger partial charge in [-0.2, -0.15) is 0 Å². The number of unbranched alkanes of at least 4 members (excludes halogenated alkanes) is 1. The van der Waals surface area contributed by atoms with Crippen molar-refractivity contribution in [3.8, 4) is 0 Å². The number of aliphatic hydroxyl groups is 1. The maximum absolute atomic E-state index is 13.3. The zero-order valence-corrected chi connectivity index (χ0v) is 19.5. The smallest absolute Gasteiger partial charge is 0.408 e. The van der Waals surface area contributed by atoms with E-state index in [0.717, 1.165) is 18.4 Å². The first-order valence-corrected chi connectivity index (χ1v) is 10.8. The van der Waals surface area contributed by atoms with Gasteiger partial charge >= 0.3 is 6.09 Å². The molecule has 0 fully saturated rings. The second kappa shape index (κ2) is 12.3. The zero-order chi connectivity index (χ0) is 23.6. The minimum atomic E-state index is -1.23. The molecule has 8 nitrogen and oxygen atoms in total. The summed E-state index contributed by atoms with van der Waals surface area (Å²) in [5.41, 5.74) is 0.872. The average molecular weight is 436 g/mol. The maximum atomic E-state index is 13.3. The van der Waals surface area contributed by atoms with E-state index in [-0.39, 0.29) is 12.5 Å². The molecule has 0 aromatic heterocycles. The van der Waals surface area contributed by atoms with E-state index in [9.17, 15) is 19.5 Å². The number of hydrogen-bond acceptors (Lipinski definition) is 5. The molecule has 0 aliphatic heterocycles. The number of carbonyl (C=O) groups is 3. The van der Waals surface area contributed by atoms with Crippen molar-refractivity contribution in [2.24, 2.45) is 0 Å². The molecule has 174 valence electrons. The third-order valence-electron chi connectivity index (χ3n) is 4.54. The lowest BCUT2D eigenvalue weighted by Crippen LogP contribution is -2.54. The standard InChI is InChI=1S/C23H37N3O5/c1-7-9-13-24-20(28)19(17-12-10-11-16(3)14-17)26(8-2)21(29)18(15-27)25-22(30)31-23(4,5)6/h10-12,14,18-19,27H,7-9,13,15H2,1-6H3,(H,24,28)(H,25,30). The Morgan fingerprint density at radius 1 is 1.19 bits per heavy atom. The Labute approximate surface area is 185 Å². The number of amides is 3. The third kappa shape index (κ3) is 8.57. The fourth-order valence-corrected chi connectivity index (χ4v) is 3.10. The Kier molecular flexibility index (Phi) is 10.5. The molecule has 2 unspecified atom stereocenters. The average Bonchev–Trinajstić information content (AvgIpc) is 2.68. The predicted molar refractivity (Wildman–Crippen MR) is 119 cm³/mol. The van der Waals surface area contributed by atoms with Gasteiger partial charge in [0.05, 0.1) is 6.61 Å². The van der Waals surface area contributed by atoms with E-state index in [1.165, 1.54) is 4.90 Å². The number of ether oxygens (including phenoxy) is 1. The van der Waals surface area contributed by atoms with Crippen molar-refractivity contribution in [2.45, 2.75) is 72.1 Å². The normalized spacial score (nSPS) is 13.1. The van der Waals surface area contributed by atoms with E-state index in [1.54, 1.807) is 33.8 Å². The molecule has 0 heterocycles. The first-order chi connectivity index (χ1) is 14.5. The summed E-state index contributed by atoms with van der Waals surface area (Å²) >= 11 is 0. The van der Waals surface area contributed by atoms with Crippen molar-refractivity contribution in [1.29, 1.82) is 0 Å². The third-order valence-corrected chi connectivity index (χ3v) is 4.54. The van der Waals surface area contributed by atoms with Gasteiger partial charge < -0.3 is 25.4 Å². The van der Waals surface area contributed by atoms with Crippen LogP contribution >= 0.6 is 0 Å². The Morgan fingerprint density at radius 3 is 2.39 bits per heavy atom. The summed E-state index contributed by atoms with van der Waals surface area (Å²) in [6, 6.07) is 5.28. The molecule has 0 aliphatic rings. The minimum Gasteiger partial charge on any atom is -0.444 e. The maximum Gasteiger partial charge on any atom is 0.408 e. The molecule has 0 bridgehead atoms. The summed E-state index contributed by atoms with van der Waals surface area (Å²) in [6.45, 7) is 10.9. The van der Waals surface area contributed by atoms with Crippen LogP contribution in [0.25, 0.3) is 0 Å². The van der Waals surface area contributed by atoms with Crippen LogP contribution in [-0.2, 0) is 14.3 Å². The fourth-order valence-electron chi connectivity index (χ4n) is 3.10. The minimum absolute atomic E-state index is 0.213. The van der Waals surface area contributed by atoms with Crippen LogP contribution < -0.4 is 10.6 Å². The van der Waals surface area contributed by atoms with Crippen molar-refractivity contribution in [2.75, 3.05) is 19.7 Å². The molecule has 8 heteroatoms. The molecule has 2 atom stereocenters. The summed E-state index contributed by atoms with van der Waals surface area (Å²) < 4.78 is 5.20. The van der Waals surface area contributed by atoms with Crippen LogP contribution in [0.15, 0.2) is 24.3 Å². The molecule has 1 aromatic rings. The largest absolute Gasteiger partial charge is 0.444 e. The SMILES string of the molecule is CCCCNC(=O)C(c1cccc(C)c1)N(CC)C(=O)C(CO)NC(=O)OC(C)(C)C. The number of aliphatic hydroxyl groups excluding tert-OH is 1. The van der Waals surface area contributed by atoms with E-state index in [2.05, 4.69) is 10.6 Å². The van der Waals surface area contributed by atoms with Crippen LogP contribution in [0.4, 0.5) is 4.79 Å². The number of alkyl carbamates (subject to hydrolysis) is 1. The van der Waals surface area contributed by atoms with Crippen LogP contribution in [-0.4, -0.2) is 59.3 Å². The van der Waals surface area contributed by atoms with E-state index in [4.69, 9.17) is 4.74 Å². The van der Waals surface area contributed by atoms with Gasteiger partial charge in [0.1, 0.15) is 17.7 Å².